The molecule has 3 aromatic heterocycles. The minimum absolute atomic E-state index is 0.0417. The Hall–Kier alpha value is -3.89. The predicted octanol–water partition coefficient (Wildman–Crippen LogP) is 4.34. The SMILES string of the molecule is Cc1cnc(-n2c(-c3ccc(S(=O)(=O)N[C@@H](C)C(F)(F)F)cn3)c(C#N)c3cc(F)c(C)cc32)nc1. The van der Waals surface area contributed by atoms with Gasteiger partial charge in [-0.3, -0.25) is 9.55 Å². The maximum Gasteiger partial charge on any atom is 0.404 e. The number of nitrogens with one attached hydrogen (secondary N) is 1. The van der Waals surface area contributed by atoms with Gasteiger partial charge < -0.3 is 0 Å². The number of alkyl halides is 3. The van der Waals surface area contributed by atoms with Crippen molar-refractivity contribution in [3.63, 3.8) is 0 Å². The van der Waals surface area contributed by atoms with Crippen molar-refractivity contribution in [1.29, 1.82) is 5.26 Å². The first-order valence-electron chi connectivity index (χ1n) is 10.4. The molecule has 0 aliphatic carbocycles. The van der Waals surface area contributed by atoms with Crippen molar-refractivity contribution in [2.24, 2.45) is 0 Å². The molecular weight excluding hydrogens is 500 g/mol. The number of fused-ring (bicyclic) bond motifs is 1. The van der Waals surface area contributed by atoms with Crippen molar-refractivity contribution in [1.82, 2.24) is 24.2 Å². The molecule has 36 heavy (non-hydrogen) atoms. The summed E-state index contributed by atoms with van der Waals surface area (Å²) in [6, 6.07) is 4.77. The molecule has 1 N–H and O–H groups in total. The number of hydrogen-bond donors (Lipinski definition) is 1. The Balaban J connectivity index is 1.91. The van der Waals surface area contributed by atoms with E-state index >= 15 is 0 Å². The van der Waals surface area contributed by atoms with E-state index in [2.05, 4.69) is 15.0 Å². The molecule has 0 saturated heterocycles. The smallest absolute Gasteiger partial charge is 0.275 e. The van der Waals surface area contributed by atoms with Gasteiger partial charge in [-0.05, 0) is 56.2 Å². The highest BCUT2D eigenvalue weighted by Crippen LogP contribution is 2.36. The van der Waals surface area contributed by atoms with Crippen LogP contribution < -0.4 is 4.72 Å². The lowest BCUT2D eigenvalue weighted by Gasteiger charge is -2.17. The normalized spacial score (nSPS) is 13.1. The zero-order valence-electron chi connectivity index (χ0n) is 19.1. The van der Waals surface area contributed by atoms with E-state index in [0.717, 1.165) is 17.8 Å². The summed E-state index contributed by atoms with van der Waals surface area (Å²) in [4.78, 5) is 12.2. The van der Waals surface area contributed by atoms with Crippen molar-refractivity contribution >= 4 is 20.9 Å². The summed E-state index contributed by atoms with van der Waals surface area (Å²) in [6.45, 7) is 4.02. The zero-order valence-corrected chi connectivity index (χ0v) is 19.9. The van der Waals surface area contributed by atoms with Gasteiger partial charge in [-0.25, -0.2) is 22.8 Å². The number of sulfonamides is 1. The van der Waals surface area contributed by atoms with E-state index in [1.807, 2.05) is 6.07 Å². The van der Waals surface area contributed by atoms with Crippen LogP contribution in [0.4, 0.5) is 17.6 Å². The molecule has 1 aromatic carbocycles. The van der Waals surface area contributed by atoms with Crippen molar-refractivity contribution in [3.05, 3.63) is 65.4 Å². The summed E-state index contributed by atoms with van der Waals surface area (Å²) in [5.41, 5.74) is 1.81. The molecule has 1 atom stereocenters. The number of nitrogens with zero attached hydrogens (tertiary/aromatic N) is 5. The van der Waals surface area contributed by atoms with Gasteiger partial charge in [0.05, 0.1) is 22.5 Å². The summed E-state index contributed by atoms with van der Waals surface area (Å²) in [5.74, 6) is -0.376. The molecule has 0 aliphatic heterocycles. The summed E-state index contributed by atoms with van der Waals surface area (Å²) in [5, 5.41) is 10.2. The maximum atomic E-state index is 14.4. The molecule has 0 radical (unpaired) electrons. The first-order chi connectivity index (χ1) is 16.8. The molecule has 0 unspecified atom stereocenters. The summed E-state index contributed by atoms with van der Waals surface area (Å²) < 4.78 is 80.8. The Morgan fingerprint density at radius 2 is 1.75 bits per heavy atom. The van der Waals surface area contributed by atoms with Crippen LogP contribution >= 0.6 is 0 Å². The third kappa shape index (κ3) is 4.52. The average Bonchev–Trinajstić information content (AvgIpc) is 3.12. The van der Waals surface area contributed by atoms with Crippen LogP contribution in [-0.4, -0.2) is 40.2 Å². The monoisotopic (exact) mass is 518 g/mol. The lowest BCUT2D eigenvalue weighted by Crippen LogP contribution is -2.42. The zero-order chi connectivity index (χ0) is 26.4. The number of halogens is 4. The molecule has 0 fully saturated rings. The number of aromatic nitrogens is 4. The molecule has 0 amide bonds. The Morgan fingerprint density at radius 3 is 2.31 bits per heavy atom. The van der Waals surface area contributed by atoms with Gasteiger partial charge in [-0.1, -0.05) is 0 Å². The molecule has 0 spiro atoms. The Labute approximate surface area is 203 Å². The Bertz CT molecular complexity index is 1610. The van der Waals surface area contributed by atoms with E-state index in [4.69, 9.17) is 0 Å². The minimum atomic E-state index is -4.77. The largest absolute Gasteiger partial charge is 0.404 e. The van der Waals surface area contributed by atoms with Crippen LogP contribution in [0.1, 0.15) is 23.6 Å². The Kier molecular flexibility index (Phi) is 6.27. The van der Waals surface area contributed by atoms with Crippen LogP contribution in [-0.2, 0) is 10.0 Å². The van der Waals surface area contributed by atoms with Crippen LogP contribution in [0.25, 0.3) is 28.2 Å². The number of aryl methyl sites for hydroxylation is 2. The summed E-state index contributed by atoms with van der Waals surface area (Å²) >= 11 is 0. The van der Waals surface area contributed by atoms with Crippen LogP contribution in [0.5, 0.6) is 0 Å². The number of benzene rings is 1. The molecule has 8 nitrogen and oxygen atoms in total. The minimum Gasteiger partial charge on any atom is -0.275 e. The lowest BCUT2D eigenvalue weighted by atomic mass is 10.1. The second-order valence-corrected chi connectivity index (χ2v) is 9.83. The Morgan fingerprint density at radius 1 is 1.08 bits per heavy atom. The molecule has 0 aliphatic rings. The molecular formula is C23H18F4N6O2S. The first kappa shape index (κ1) is 25.2. The highest BCUT2D eigenvalue weighted by molar-refractivity contribution is 7.89. The van der Waals surface area contributed by atoms with Gasteiger partial charge in [0, 0.05) is 24.0 Å². The van der Waals surface area contributed by atoms with Gasteiger partial charge in [-0.2, -0.15) is 23.2 Å². The van der Waals surface area contributed by atoms with E-state index in [1.54, 1.807) is 31.0 Å². The van der Waals surface area contributed by atoms with E-state index in [1.165, 1.54) is 22.8 Å². The van der Waals surface area contributed by atoms with Gasteiger partial charge in [0.25, 0.3) is 0 Å². The average molecular weight is 518 g/mol. The molecule has 13 heteroatoms. The van der Waals surface area contributed by atoms with Crippen molar-refractivity contribution in [3.8, 4) is 23.4 Å². The van der Waals surface area contributed by atoms with Crippen LogP contribution in [0.15, 0.2) is 47.8 Å². The van der Waals surface area contributed by atoms with Gasteiger partial charge in [0.1, 0.15) is 22.8 Å². The standard InChI is InChI=1S/C23H18F4N6O2S/c1-12-9-30-22(31-10-12)33-20-6-13(2)18(24)7-16(20)17(8-28)21(33)19-5-4-15(11-29-19)36(34,35)32-14(3)23(25,26)27/h4-7,9-11,14,32H,1-3H3/t14-/m0/s1. The molecule has 0 saturated carbocycles. The van der Waals surface area contributed by atoms with Gasteiger partial charge >= 0.3 is 6.18 Å². The lowest BCUT2D eigenvalue weighted by molar-refractivity contribution is -0.147. The summed E-state index contributed by atoms with van der Waals surface area (Å²) in [7, 11) is -4.54. The topological polar surface area (TPSA) is 114 Å². The van der Waals surface area contributed by atoms with Crippen LogP contribution in [0.2, 0.25) is 0 Å². The third-order valence-electron chi connectivity index (χ3n) is 5.44. The fourth-order valence-corrected chi connectivity index (χ4v) is 4.70. The van der Waals surface area contributed by atoms with Crippen LogP contribution in [0, 0.1) is 31.0 Å². The van der Waals surface area contributed by atoms with Crippen molar-refractivity contribution in [2.75, 3.05) is 0 Å². The van der Waals surface area contributed by atoms with E-state index in [0.29, 0.717) is 18.0 Å². The van der Waals surface area contributed by atoms with Gasteiger partial charge in [0.15, 0.2) is 0 Å². The van der Waals surface area contributed by atoms with Gasteiger partial charge in [-0.15, -0.1) is 0 Å². The number of rotatable bonds is 5. The second kappa shape index (κ2) is 8.96. The predicted molar refractivity (Wildman–Crippen MR) is 122 cm³/mol. The van der Waals surface area contributed by atoms with Gasteiger partial charge in [0.2, 0.25) is 16.0 Å². The molecule has 3 heterocycles. The molecule has 186 valence electrons. The van der Waals surface area contributed by atoms with Crippen molar-refractivity contribution < 1.29 is 26.0 Å². The maximum absolute atomic E-state index is 14.4. The highest BCUT2D eigenvalue weighted by Gasteiger charge is 2.39. The molecule has 4 aromatic rings. The molecule has 0 bridgehead atoms. The van der Waals surface area contributed by atoms with Crippen molar-refractivity contribution in [2.45, 2.75) is 37.9 Å². The number of hydrogen-bond acceptors (Lipinski definition) is 6. The third-order valence-corrected chi connectivity index (χ3v) is 6.96. The summed E-state index contributed by atoms with van der Waals surface area (Å²) in [6.07, 6.45) is -0.788. The van der Waals surface area contributed by atoms with Crippen LogP contribution in [0.3, 0.4) is 0 Å². The highest BCUT2D eigenvalue weighted by atomic mass is 32.2. The fourth-order valence-electron chi connectivity index (χ4n) is 3.52. The fraction of sp³-hybridized carbons (Fsp3) is 0.217. The van der Waals surface area contributed by atoms with E-state index in [9.17, 15) is 31.2 Å². The van der Waals surface area contributed by atoms with E-state index in [-0.39, 0.29) is 28.3 Å². The number of pyridine rings is 1. The second-order valence-electron chi connectivity index (χ2n) is 8.11. The number of nitriles is 1. The first-order valence-corrected chi connectivity index (χ1v) is 11.9. The van der Waals surface area contributed by atoms with E-state index < -0.39 is 33.0 Å². The molecule has 4 rings (SSSR count). The quantitative estimate of drug-likeness (QED) is 0.393.